The van der Waals surface area contributed by atoms with Crippen molar-refractivity contribution in [3.63, 3.8) is 0 Å². The van der Waals surface area contributed by atoms with Crippen LogP contribution in [0.15, 0.2) is 10.6 Å². The first kappa shape index (κ1) is 18.2. The van der Waals surface area contributed by atoms with Gasteiger partial charge in [-0.25, -0.2) is 4.98 Å². The zero-order valence-corrected chi connectivity index (χ0v) is 16.6. The van der Waals surface area contributed by atoms with Crippen molar-refractivity contribution in [3.8, 4) is 0 Å². The molecule has 146 valence electrons. The minimum Gasteiger partial charge on any atom is -0.354 e. The highest BCUT2D eigenvalue weighted by Gasteiger charge is 2.22. The van der Waals surface area contributed by atoms with Gasteiger partial charge in [-0.15, -0.1) is 0 Å². The Morgan fingerprint density at radius 3 is 2.37 bits per heavy atom. The van der Waals surface area contributed by atoms with Crippen molar-refractivity contribution < 1.29 is 4.52 Å². The Morgan fingerprint density at radius 2 is 1.70 bits per heavy atom. The zero-order chi connectivity index (χ0) is 18.8. The first-order chi connectivity index (χ1) is 13.1. The number of anilines is 2. The highest BCUT2D eigenvalue weighted by Crippen LogP contribution is 2.22. The van der Waals surface area contributed by atoms with E-state index < -0.39 is 0 Å². The first-order valence-corrected chi connectivity index (χ1v) is 9.99. The lowest BCUT2D eigenvalue weighted by molar-refractivity contribution is 0.215. The topological polar surface area (TPSA) is 74.4 Å². The van der Waals surface area contributed by atoms with E-state index in [1.54, 1.807) is 0 Å². The van der Waals surface area contributed by atoms with Gasteiger partial charge in [0.15, 0.2) is 5.82 Å². The van der Waals surface area contributed by atoms with Crippen molar-refractivity contribution in [3.05, 3.63) is 23.5 Å². The summed E-state index contributed by atoms with van der Waals surface area (Å²) in [6.07, 6.45) is 2.47. The summed E-state index contributed by atoms with van der Waals surface area (Å²) in [5.74, 6) is 3.72. The van der Waals surface area contributed by atoms with E-state index in [9.17, 15) is 0 Å². The zero-order valence-electron chi connectivity index (χ0n) is 16.6. The molecule has 8 nitrogen and oxygen atoms in total. The molecule has 0 aromatic carbocycles. The Balaban J connectivity index is 1.37. The summed E-state index contributed by atoms with van der Waals surface area (Å²) in [4.78, 5) is 21.0. The molecule has 0 amide bonds. The van der Waals surface area contributed by atoms with E-state index in [-0.39, 0.29) is 0 Å². The van der Waals surface area contributed by atoms with Gasteiger partial charge >= 0.3 is 0 Å². The molecule has 8 heteroatoms. The molecule has 2 aromatic rings. The molecule has 2 saturated heterocycles. The molecule has 4 heterocycles. The fourth-order valence-electron chi connectivity index (χ4n) is 3.65. The summed E-state index contributed by atoms with van der Waals surface area (Å²) in [6.45, 7) is 12.9. The molecule has 2 fully saturated rings. The fraction of sp³-hybridized carbons (Fsp3) is 0.684. The smallest absolute Gasteiger partial charge is 0.240 e. The van der Waals surface area contributed by atoms with E-state index in [1.165, 1.54) is 12.8 Å². The fourth-order valence-corrected chi connectivity index (χ4v) is 3.65. The van der Waals surface area contributed by atoms with Crippen LogP contribution in [0, 0.1) is 6.92 Å². The van der Waals surface area contributed by atoms with Gasteiger partial charge in [0, 0.05) is 56.9 Å². The number of piperazine rings is 1. The SMILES string of the molecule is Cc1cc(N2CCN(Cc3nc(C(C)C)no3)CC2)nc(N2CCCC2)n1. The maximum absolute atomic E-state index is 5.39. The number of hydrogen-bond acceptors (Lipinski definition) is 8. The van der Waals surface area contributed by atoms with E-state index in [0.717, 1.165) is 69.1 Å². The highest BCUT2D eigenvalue weighted by molar-refractivity contribution is 5.46. The summed E-state index contributed by atoms with van der Waals surface area (Å²) in [7, 11) is 0. The van der Waals surface area contributed by atoms with Crippen LogP contribution >= 0.6 is 0 Å². The molecule has 2 aromatic heterocycles. The second-order valence-electron chi connectivity index (χ2n) is 7.83. The quantitative estimate of drug-likeness (QED) is 0.792. The van der Waals surface area contributed by atoms with Crippen LogP contribution < -0.4 is 9.80 Å². The molecule has 0 radical (unpaired) electrons. The minimum atomic E-state index is 0.296. The van der Waals surface area contributed by atoms with E-state index in [0.29, 0.717) is 11.8 Å². The summed E-state index contributed by atoms with van der Waals surface area (Å²) in [5.41, 5.74) is 1.04. The molecule has 0 atom stereocenters. The van der Waals surface area contributed by atoms with E-state index in [1.807, 2.05) is 0 Å². The van der Waals surface area contributed by atoms with Crippen LogP contribution in [-0.4, -0.2) is 64.3 Å². The summed E-state index contributed by atoms with van der Waals surface area (Å²) >= 11 is 0. The van der Waals surface area contributed by atoms with Gasteiger partial charge in [-0.3, -0.25) is 4.90 Å². The molecule has 2 aliphatic rings. The maximum atomic E-state index is 5.39. The molecule has 0 bridgehead atoms. The van der Waals surface area contributed by atoms with Crippen LogP contribution in [-0.2, 0) is 6.54 Å². The van der Waals surface area contributed by atoms with Crippen molar-refractivity contribution in [2.75, 3.05) is 49.1 Å². The number of aryl methyl sites for hydroxylation is 1. The van der Waals surface area contributed by atoms with Crippen LogP contribution in [0.1, 0.15) is 50.0 Å². The van der Waals surface area contributed by atoms with Gasteiger partial charge in [0.05, 0.1) is 6.54 Å². The van der Waals surface area contributed by atoms with Crippen molar-refractivity contribution in [2.24, 2.45) is 0 Å². The lowest BCUT2D eigenvalue weighted by atomic mass is 10.2. The van der Waals surface area contributed by atoms with Crippen LogP contribution in [0.5, 0.6) is 0 Å². The Hall–Kier alpha value is -2.22. The van der Waals surface area contributed by atoms with Gasteiger partial charge < -0.3 is 14.3 Å². The molecular weight excluding hydrogens is 342 g/mol. The minimum absolute atomic E-state index is 0.296. The van der Waals surface area contributed by atoms with Gasteiger partial charge in [-0.2, -0.15) is 9.97 Å². The average Bonchev–Trinajstić information content (AvgIpc) is 3.34. The summed E-state index contributed by atoms with van der Waals surface area (Å²) in [5, 5.41) is 4.06. The van der Waals surface area contributed by atoms with E-state index >= 15 is 0 Å². The Bertz CT molecular complexity index is 761. The van der Waals surface area contributed by atoms with Crippen LogP contribution in [0.4, 0.5) is 11.8 Å². The predicted molar refractivity (Wildman–Crippen MR) is 104 cm³/mol. The molecule has 27 heavy (non-hydrogen) atoms. The van der Waals surface area contributed by atoms with Gasteiger partial charge in [-0.1, -0.05) is 19.0 Å². The van der Waals surface area contributed by atoms with Crippen LogP contribution in [0.2, 0.25) is 0 Å². The summed E-state index contributed by atoms with van der Waals surface area (Å²) in [6, 6.07) is 2.10. The van der Waals surface area contributed by atoms with Gasteiger partial charge in [0.25, 0.3) is 0 Å². The second-order valence-corrected chi connectivity index (χ2v) is 7.83. The lowest BCUT2D eigenvalue weighted by Gasteiger charge is -2.35. The molecule has 4 rings (SSSR count). The lowest BCUT2D eigenvalue weighted by Crippen LogP contribution is -2.46. The normalized spacial score (nSPS) is 18.7. The Morgan fingerprint density at radius 1 is 0.963 bits per heavy atom. The Kier molecular flexibility index (Phi) is 5.24. The number of nitrogens with zero attached hydrogens (tertiary/aromatic N) is 7. The molecule has 0 N–H and O–H groups in total. The average molecular weight is 371 g/mol. The molecule has 0 saturated carbocycles. The third-order valence-corrected chi connectivity index (χ3v) is 5.27. The largest absolute Gasteiger partial charge is 0.354 e. The molecule has 0 unspecified atom stereocenters. The molecule has 0 spiro atoms. The van der Waals surface area contributed by atoms with Gasteiger partial charge in [0.1, 0.15) is 5.82 Å². The number of hydrogen-bond donors (Lipinski definition) is 0. The van der Waals surface area contributed by atoms with Crippen molar-refractivity contribution >= 4 is 11.8 Å². The standard InChI is InChI=1S/C19H29N7O/c1-14(2)18-22-17(27-23-18)13-24-8-10-25(11-9-24)16-12-15(3)20-19(21-16)26-6-4-5-7-26/h12,14H,4-11,13H2,1-3H3. The van der Waals surface area contributed by atoms with Gasteiger partial charge in [-0.05, 0) is 19.8 Å². The Labute approximate surface area is 160 Å². The molecule has 2 aliphatic heterocycles. The van der Waals surface area contributed by atoms with E-state index in [2.05, 4.69) is 56.7 Å². The van der Waals surface area contributed by atoms with Crippen molar-refractivity contribution in [1.29, 1.82) is 0 Å². The van der Waals surface area contributed by atoms with E-state index in [4.69, 9.17) is 9.51 Å². The monoisotopic (exact) mass is 371 g/mol. The first-order valence-electron chi connectivity index (χ1n) is 9.99. The third-order valence-electron chi connectivity index (χ3n) is 5.27. The van der Waals surface area contributed by atoms with Crippen LogP contribution in [0.3, 0.4) is 0 Å². The summed E-state index contributed by atoms with van der Waals surface area (Å²) < 4.78 is 5.39. The second kappa shape index (κ2) is 7.80. The third kappa shape index (κ3) is 4.21. The number of rotatable bonds is 5. The van der Waals surface area contributed by atoms with Crippen molar-refractivity contribution in [1.82, 2.24) is 25.0 Å². The maximum Gasteiger partial charge on any atom is 0.240 e. The number of aromatic nitrogens is 4. The van der Waals surface area contributed by atoms with Gasteiger partial charge in [0.2, 0.25) is 11.8 Å². The highest BCUT2D eigenvalue weighted by atomic mass is 16.5. The van der Waals surface area contributed by atoms with Crippen LogP contribution in [0.25, 0.3) is 0 Å². The van der Waals surface area contributed by atoms with Crippen molar-refractivity contribution in [2.45, 2.75) is 46.1 Å². The molecular formula is C19H29N7O. The predicted octanol–water partition coefficient (Wildman–Crippen LogP) is 2.21. The molecule has 0 aliphatic carbocycles.